The third kappa shape index (κ3) is 4.95. The van der Waals surface area contributed by atoms with Gasteiger partial charge in [-0.15, -0.1) is 0 Å². The molecule has 2 aromatic carbocycles. The fourth-order valence-corrected chi connectivity index (χ4v) is 4.75. The first-order chi connectivity index (χ1) is 14.6. The van der Waals surface area contributed by atoms with E-state index in [4.69, 9.17) is 16.7 Å². The molecule has 0 amide bonds. The van der Waals surface area contributed by atoms with Crippen LogP contribution in [0, 0.1) is 17.5 Å². The van der Waals surface area contributed by atoms with Crippen LogP contribution in [0.2, 0.25) is 5.02 Å². The van der Waals surface area contributed by atoms with Crippen LogP contribution in [0.1, 0.15) is 22.1 Å². The number of aromatic nitrogens is 1. The van der Waals surface area contributed by atoms with E-state index in [1.165, 1.54) is 12.1 Å². The zero-order valence-electron chi connectivity index (χ0n) is 15.5. The van der Waals surface area contributed by atoms with Gasteiger partial charge in [0.15, 0.2) is 9.84 Å². The Morgan fingerprint density at radius 2 is 1.71 bits per heavy atom. The molecule has 5 nitrogen and oxygen atoms in total. The smallest absolute Gasteiger partial charge is 0.328 e. The first-order valence-corrected chi connectivity index (χ1v) is 10.5. The van der Waals surface area contributed by atoms with Gasteiger partial charge in [-0.1, -0.05) is 11.6 Å². The highest BCUT2D eigenvalue weighted by Gasteiger charge is 2.36. The summed E-state index contributed by atoms with van der Waals surface area (Å²) in [6.45, 7) is 0. The fraction of sp³-hybridized carbons (Fsp3) is 0.0476. The number of aliphatic carboxylic acids is 1. The van der Waals surface area contributed by atoms with Crippen LogP contribution in [-0.2, 0) is 14.6 Å². The predicted octanol–water partition coefficient (Wildman–Crippen LogP) is 4.81. The Bertz CT molecular complexity index is 1280. The van der Waals surface area contributed by atoms with Gasteiger partial charge in [-0.3, -0.25) is 4.98 Å². The highest BCUT2D eigenvalue weighted by atomic mass is 35.5. The minimum absolute atomic E-state index is 0.0333. The van der Waals surface area contributed by atoms with Gasteiger partial charge < -0.3 is 5.11 Å². The lowest BCUT2D eigenvalue weighted by atomic mass is 10.1. The number of carboxylic acids is 1. The van der Waals surface area contributed by atoms with E-state index in [0.29, 0.717) is 6.07 Å². The van der Waals surface area contributed by atoms with Gasteiger partial charge in [0, 0.05) is 22.9 Å². The SMILES string of the molecule is O=C(O)/C=C/c1cnc(C(c2cc(F)ccc2F)S(=O)(=O)c2ccc(Cl)cc2)c(F)c1. The molecule has 0 aliphatic rings. The molecule has 10 heteroatoms. The molecule has 0 spiro atoms. The maximum atomic E-state index is 14.9. The zero-order chi connectivity index (χ0) is 22.8. The van der Waals surface area contributed by atoms with Crippen molar-refractivity contribution in [1.82, 2.24) is 4.98 Å². The quantitative estimate of drug-likeness (QED) is 0.526. The van der Waals surface area contributed by atoms with Crippen molar-refractivity contribution in [2.75, 3.05) is 0 Å². The molecule has 1 N–H and O–H groups in total. The first kappa shape index (κ1) is 22.5. The fourth-order valence-electron chi connectivity index (χ4n) is 2.85. The standard InChI is InChI=1S/C21H13ClF3NO4S/c22-13-2-5-15(6-3-13)31(29,30)21(16-10-14(23)4-7-17(16)24)20-18(25)9-12(11-26-20)1-8-19(27)28/h1-11,21H,(H,27,28)/b8-1+. The number of pyridine rings is 1. The second kappa shape index (κ2) is 8.91. The lowest BCUT2D eigenvalue weighted by Gasteiger charge is -2.19. The summed E-state index contributed by atoms with van der Waals surface area (Å²) in [4.78, 5) is 14.1. The van der Waals surface area contributed by atoms with Crippen molar-refractivity contribution in [3.63, 3.8) is 0 Å². The van der Waals surface area contributed by atoms with E-state index in [1.807, 2.05) is 0 Å². The third-order valence-electron chi connectivity index (χ3n) is 4.25. The summed E-state index contributed by atoms with van der Waals surface area (Å²) in [5, 5.41) is 6.91. The second-order valence-corrected chi connectivity index (χ2v) is 8.82. The number of rotatable bonds is 6. The van der Waals surface area contributed by atoms with Gasteiger partial charge in [0.1, 0.15) is 22.7 Å². The molecular formula is C21H13ClF3NO4S. The van der Waals surface area contributed by atoms with Gasteiger partial charge in [-0.25, -0.2) is 26.4 Å². The van der Waals surface area contributed by atoms with Crippen LogP contribution in [0.5, 0.6) is 0 Å². The number of hydrogen-bond acceptors (Lipinski definition) is 4. The van der Waals surface area contributed by atoms with Crippen molar-refractivity contribution >= 4 is 33.5 Å². The number of halogens is 4. The summed E-state index contributed by atoms with van der Waals surface area (Å²) in [6.07, 6.45) is 2.82. The van der Waals surface area contributed by atoms with Crippen LogP contribution in [-0.4, -0.2) is 24.5 Å². The van der Waals surface area contributed by atoms with E-state index < -0.39 is 49.8 Å². The monoisotopic (exact) mass is 467 g/mol. The van der Waals surface area contributed by atoms with Gasteiger partial charge in [-0.05, 0) is 60.2 Å². The minimum Gasteiger partial charge on any atom is -0.478 e. The van der Waals surface area contributed by atoms with Crippen molar-refractivity contribution in [2.45, 2.75) is 10.1 Å². The molecule has 0 saturated heterocycles. The van der Waals surface area contributed by atoms with Gasteiger partial charge in [0.25, 0.3) is 0 Å². The molecule has 1 atom stereocenters. The molecule has 160 valence electrons. The van der Waals surface area contributed by atoms with E-state index in [2.05, 4.69) is 4.98 Å². The van der Waals surface area contributed by atoms with Gasteiger partial charge in [0.2, 0.25) is 0 Å². The largest absolute Gasteiger partial charge is 0.478 e. The highest BCUT2D eigenvalue weighted by molar-refractivity contribution is 7.91. The molecule has 31 heavy (non-hydrogen) atoms. The highest BCUT2D eigenvalue weighted by Crippen LogP contribution is 2.37. The lowest BCUT2D eigenvalue weighted by molar-refractivity contribution is -0.131. The number of hydrogen-bond donors (Lipinski definition) is 1. The van der Waals surface area contributed by atoms with Crippen molar-refractivity contribution in [1.29, 1.82) is 0 Å². The van der Waals surface area contributed by atoms with E-state index in [9.17, 15) is 26.4 Å². The van der Waals surface area contributed by atoms with Gasteiger partial charge in [-0.2, -0.15) is 0 Å². The van der Waals surface area contributed by atoms with E-state index in [0.717, 1.165) is 48.7 Å². The third-order valence-corrected chi connectivity index (χ3v) is 6.53. The Kier molecular flexibility index (Phi) is 6.47. The Hall–Kier alpha value is -3.17. The molecule has 1 heterocycles. The summed E-state index contributed by atoms with van der Waals surface area (Å²) in [5.74, 6) is -4.41. The average molecular weight is 468 g/mol. The average Bonchev–Trinajstić information content (AvgIpc) is 2.71. The van der Waals surface area contributed by atoms with E-state index >= 15 is 0 Å². The summed E-state index contributed by atoms with van der Waals surface area (Å²) in [7, 11) is -4.50. The molecule has 0 radical (unpaired) electrons. The number of carbonyl (C=O) groups is 1. The number of nitrogens with zero attached hydrogens (tertiary/aromatic N) is 1. The topological polar surface area (TPSA) is 84.3 Å². The molecule has 1 aromatic heterocycles. The Morgan fingerprint density at radius 3 is 2.32 bits per heavy atom. The molecule has 1 unspecified atom stereocenters. The summed E-state index contributed by atoms with van der Waals surface area (Å²) in [5.41, 5.74) is -1.27. The zero-order valence-corrected chi connectivity index (χ0v) is 17.0. The van der Waals surface area contributed by atoms with Crippen LogP contribution in [0.4, 0.5) is 13.2 Å². The number of sulfone groups is 1. The molecular weight excluding hydrogens is 455 g/mol. The molecule has 3 rings (SSSR count). The van der Waals surface area contributed by atoms with Crippen molar-refractivity contribution < 1.29 is 31.5 Å². The summed E-state index contributed by atoms with van der Waals surface area (Å²) >= 11 is 5.79. The maximum Gasteiger partial charge on any atom is 0.328 e. The molecule has 3 aromatic rings. The normalized spacial score (nSPS) is 12.8. The molecule has 0 aliphatic carbocycles. The molecule has 0 saturated carbocycles. The minimum atomic E-state index is -4.50. The van der Waals surface area contributed by atoms with Gasteiger partial charge >= 0.3 is 5.97 Å². The maximum absolute atomic E-state index is 14.9. The van der Waals surface area contributed by atoms with Crippen molar-refractivity contribution in [2.24, 2.45) is 0 Å². The Morgan fingerprint density at radius 1 is 1.03 bits per heavy atom. The van der Waals surface area contributed by atoms with Crippen LogP contribution >= 0.6 is 11.6 Å². The number of carboxylic acid groups (broad SMARTS) is 1. The molecule has 0 bridgehead atoms. The Labute approximate surface area is 180 Å². The summed E-state index contributed by atoms with van der Waals surface area (Å²) < 4.78 is 70.0. The van der Waals surface area contributed by atoms with Crippen LogP contribution in [0.25, 0.3) is 6.08 Å². The summed E-state index contributed by atoms with van der Waals surface area (Å²) in [6, 6.07) is 7.93. The molecule has 0 aliphatic heterocycles. The van der Waals surface area contributed by atoms with Gasteiger partial charge in [0.05, 0.1) is 10.6 Å². The van der Waals surface area contributed by atoms with Crippen LogP contribution < -0.4 is 0 Å². The molecule has 0 fully saturated rings. The number of benzene rings is 2. The van der Waals surface area contributed by atoms with E-state index in [-0.39, 0.29) is 15.5 Å². The van der Waals surface area contributed by atoms with Crippen molar-refractivity contribution in [3.05, 3.63) is 100 Å². The van der Waals surface area contributed by atoms with E-state index in [1.54, 1.807) is 0 Å². The first-order valence-electron chi connectivity index (χ1n) is 8.60. The lowest BCUT2D eigenvalue weighted by Crippen LogP contribution is -2.19. The predicted molar refractivity (Wildman–Crippen MR) is 108 cm³/mol. The van der Waals surface area contributed by atoms with Crippen LogP contribution in [0.3, 0.4) is 0 Å². The Balaban J connectivity index is 2.23. The van der Waals surface area contributed by atoms with Crippen molar-refractivity contribution in [3.8, 4) is 0 Å². The second-order valence-electron chi connectivity index (χ2n) is 6.35. The van der Waals surface area contributed by atoms with Crippen LogP contribution in [0.15, 0.2) is 65.7 Å².